The number of para-hydroxylation sites is 1. The van der Waals surface area contributed by atoms with Crippen LogP contribution in [0.3, 0.4) is 0 Å². The van der Waals surface area contributed by atoms with Crippen LogP contribution in [0.15, 0.2) is 42.5 Å². The lowest BCUT2D eigenvalue weighted by atomic mass is 10.1. The van der Waals surface area contributed by atoms with Gasteiger partial charge in [-0.05, 0) is 37.1 Å². The summed E-state index contributed by atoms with van der Waals surface area (Å²) in [6.45, 7) is 2.13. The molecule has 0 bridgehead atoms. The Balaban J connectivity index is 2.06. The summed E-state index contributed by atoms with van der Waals surface area (Å²) in [7, 11) is 3.31. The van der Waals surface area contributed by atoms with Crippen molar-refractivity contribution in [2.24, 2.45) is 0 Å². The fourth-order valence-electron chi connectivity index (χ4n) is 2.29. The lowest BCUT2D eigenvalue weighted by molar-refractivity contribution is 0.408. The molecule has 0 saturated carbocycles. The third-order valence-corrected chi connectivity index (χ3v) is 3.60. The van der Waals surface area contributed by atoms with Crippen molar-refractivity contribution >= 4 is 17.3 Å². The number of anilines is 1. The van der Waals surface area contributed by atoms with Gasteiger partial charge in [0.15, 0.2) is 0 Å². The molecule has 1 unspecified atom stereocenters. The molecule has 21 heavy (non-hydrogen) atoms. The molecule has 2 rings (SSSR count). The van der Waals surface area contributed by atoms with Gasteiger partial charge in [0.25, 0.3) is 0 Å². The van der Waals surface area contributed by atoms with E-state index in [0.29, 0.717) is 10.8 Å². The number of hydrogen-bond acceptors (Lipinski definition) is 3. The van der Waals surface area contributed by atoms with E-state index in [0.717, 1.165) is 17.9 Å². The van der Waals surface area contributed by atoms with E-state index in [-0.39, 0.29) is 6.04 Å². The molecule has 0 amide bonds. The van der Waals surface area contributed by atoms with E-state index in [1.165, 1.54) is 5.56 Å². The molecular formula is C17H20ClNO2. The Morgan fingerprint density at radius 3 is 2.48 bits per heavy atom. The summed E-state index contributed by atoms with van der Waals surface area (Å²) in [5, 5.41) is 4.06. The molecule has 2 aromatic rings. The fraction of sp³-hybridized carbons (Fsp3) is 0.294. The van der Waals surface area contributed by atoms with Crippen LogP contribution in [0, 0.1) is 0 Å². The van der Waals surface area contributed by atoms with Crippen molar-refractivity contribution in [2.45, 2.75) is 19.4 Å². The highest BCUT2D eigenvalue weighted by molar-refractivity contribution is 6.32. The van der Waals surface area contributed by atoms with Gasteiger partial charge in [0.1, 0.15) is 11.5 Å². The maximum atomic E-state index is 6.03. The SMILES string of the molecule is COc1cc(NC(C)Cc2ccccc2OC)ccc1Cl. The van der Waals surface area contributed by atoms with Crippen LogP contribution in [0.2, 0.25) is 5.02 Å². The van der Waals surface area contributed by atoms with Crippen LogP contribution in [0.4, 0.5) is 5.69 Å². The van der Waals surface area contributed by atoms with Gasteiger partial charge in [-0.25, -0.2) is 0 Å². The Kier molecular flexibility index (Phi) is 5.34. The van der Waals surface area contributed by atoms with Crippen LogP contribution in [-0.2, 0) is 6.42 Å². The second-order valence-electron chi connectivity index (χ2n) is 4.91. The number of ether oxygens (including phenoxy) is 2. The Labute approximate surface area is 130 Å². The molecule has 0 aliphatic carbocycles. The van der Waals surface area contributed by atoms with Gasteiger partial charge in [0, 0.05) is 17.8 Å². The van der Waals surface area contributed by atoms with Crippen molar-refractivity contribution in [3.63, 3.8) is 0 Å². The van der Waals surface area contributed by atoms with Crippen molar-refractivity contribution < 1.29 is 9.47 Å². The number of benzene rings is 2. The molecule has 0 spiro atoms. The predicted molar refractivity (Wildman–Crippen MR) is 87.8 cm³/mol. The molecule has 0 aliphatic rings. The van der Waals surface area contributed by atoms with Crippen molar-refractivity contribution in [3.05, 3.63) is 53.1 Å². The lowest BCUT2D eigenvalue weighted by Crippen LogP contribution is -2.18. The molecule has 0 aliphatic heterocycles. The summed E-state index contributed by atoms with van der Waals surface area (Å²) >= 11 is 6.03. The largest absolute Gasteiger partial charge is 0.496 e. The Bertz CT molecular complexity index is 601. The summed E-state index contributed by atoms with van der Waals surface area (Å²) in [5.41, 5.74) is 2.17. The first-order valence-corrected chi connectivity index (χ1v) is 7.23. The van der Waals surface area contributed by atoms with Crippen LogP contribution in [0.1, 0.15) is 12.5 Å². The number of rotatable bonds is 6. The molecule has 2 aromatic carbocycles. The summed E-state index contributed by atoms with van der Waals surface area (Å²) in [6, 6.07) is 14.0. The molecule has 0 fully saturated rings. The molecule has 1 N–H and O–H groups in total. The molecule has 0 heterocycles. The summed E-state index contributed by atoms with van der Waals surface area (Å²) in [6.07, 6.45) is 0.870. The Hall–Kier alpha value is -1.87. The quantitative estimate of drug-likeness (QED) is 0.858. The molecule has 0 aromatic heterocycles. The monoisotopic (exact) mass is 305 g/mol. The second kappa shape index (κ2) is 7.23. The van der Waals surface area contributed by atoms with E-state index in [2.05, 4.69) is 18.3 Å². The van der Waals surface area contributed by atoms with E-state index in [1.54, 1.807) is 14.2 Å². The van der Waals surface area contributed by atoms with E-state index >= 15 is 0 Å². The minimum Gasteiger partial charge on any atom is -0.496 e. The zero-order valence-electron chi connectivity index (χ0n) is 12.5. The standard InChI is InChI=1S/C17H20ClNO2/c1-12(10-13-6-4-5-7-16(13)20-2)19-14-8-9-15(18)17(11-14)21-3/h4-9,11-12,19H,10H2,1-3H3. The second-order valence-corrected chi connectivity index (χ2v) is 5.32. The first kappa shape index (κ1) is 15.5. The number of halogens is 1. The first-order chi connectivity index (χ1) is 10.1. The van der Waals surface area contributed by atoms with Gasteiger partial charge in [0.05, 0.1) is 19.2 Å². The van der Waals surface area contributed by atoms with E-state index in [9.17, 15) is 0 Å². The highest BCUT2D eigenvalue weighted by atomic mass is 35.5. The maximum absolute atomic E-state index is 6.03. The Morgan fingerprint density at radius 1 is 1.05 bits per heavy atom. The molecule has 112 valence electrons. The van der Waals surface area contributed by atoms with Gasteiger partial charge in [-0.1, -0.05) is 29.8 Å². The van der Waals surface area contributed by atoms with Crippen molar-refractivity contribution in [1.82, 2.24) is 0 Å². The lowest BCUT2D eigenvalue weighted by Gasteiger charge is -2.17. The molecular weight excluding hydrogens is 286 g/mol. The average molecular weight is 306 g/mol. The minimum absolute atomic E-state index is 0.257. The molecule has 1 atom stereocenters. The van der Waals surface area contributed by atoms with Crippen LogP contribution in [-0.4, -0.2) is 20.3 Å². The van der Waals surface area contributed by atoms with Gasteiger partial charge in [-0.3, -0.25) is 0 Å². The zero-order chi connectivity index (χ0) is 15.2. The first-order valence-electron chi connectivity index (χ1n) is 6.86. The molecule has 3 nitrogen and oxygen atoms in total. The third kappa shape index (κ3) is 4.05. The maximum Gasteiger partial charge on any atom is 0.139 e. The van der Waals surface area contributed by atoms with E-state index < -0.39 is 0 Å². The van der Waals surface area contributed by atoms with Gasteiger partial charge in [0.2, 0.25) is 0 Å². The zero-order valence-corrected chi connectivity index (χ0v) is 13.3. The van der Waals surface area contributed by atoms with Gasteiger partial charge in [-0.2, -0.15) is 0 Å². The highest BCUT2D eigenvalue weighted by Crippen LogP contribution is 2.28. The van der Waals surface area contributed by atoms with Gasteiger partial charge in [-0.15, -0.1) is 0 Å². The predicted octanol–water partition coefficient (Wildman–Crippen LogP) is 4.40. The summed E-state index contributed by atoms with van der Waals surface area (Å²) in [4.78, 5) is 0. The van der Waals surface area contributed by atoms with Gasteiger partial charge >= 0.3 is 0 Å². The van der Waals surface area contributed by atoms with E-state index in [1.807, 2.05) is 36.4 Å². The third-order valence-electron chi connectivity index (χ3n) is 3.28. The van der Waals surface area contributed by atoms with Crippen LogP contribution >= 0.6 is 11.6 Å². The molecule has 0 saturated heterocycles. The van der Waals surface area contributed by atoms with Crippen LogP contribution < -0.4 is 14.8 Å². The fourth-order valence-corrected chi connectivity index (χ4v) is 2.48. The molecule has 0 radical (unpaired) electrons. The van der Waals surface area contributed by atoms with Crippen LogP contribution in [0.25, 0.3) is 0 Å². The highest BCUT2D eigenvalue weighted by Gasteiger charge is 2.09. The van der Waals surface area contributed by atoms with Crippen molar-refractivity contribution in [1.29, 1.82) is 0 Å². The number of methoxy groups -OCH3 is 2. The van der Waals surface area contributed by atoms with Crippen molar-refractivity contribution in [3.8, 4) is 11.5 Å². The average Bonchev–Trinajstić information content (AvgIpc) is 2.49. The summed E-state index contributed by atoms with van der Waals surface area (Å²) in [5.74, 6) is 1.59. The van der Waals surface area contributed by atoms with Crippen LogP contribution in [0.5, 0.6) is 11.5 Å². The smallest absolute Gasteiger partial charge is 0.139 e. The van der Waals surface area contributed by atoms with Crippen molar-refractivity contribution in [2.75, 3.05) is 19.5 Å². The number of hydrogen-bond donors (Lipinski definition) is 1. The number of nitrogens with one attached hydrogen (secondary N) is 1. The summed E-state index contributed by atoms with van der Waals surface area (Å²) < 4.78 is 10.6. The topological polar surface area (TPSA) is 30.5 Å². The molecule has 4 heteroatoms. The minimum atomic E-state index is 0.257. The van der Waals surface area contributed by atoms with Gasteiger partial charge < -0.3 is 14.8 Å². The van der Waals surface area contributed by atoms with E-state index in [4.69, 9.17) is 21.1 Å². The normalized spacial score (nSPS) is 11.8. The Morgan fingerprint density at radius 2 is 1.76 bits per heavy atom.